The Morgan fingerprint density at radius 2 is 2.33 bits per heavy atom. The second-order valence-electron chi connectivity index (χ2n) is 3.01. The van der Waals surface area contributed by atoms with Gasteiger partial charge in [0.05, 0.1) is 17.6 Å². The Morgan fingerprint density at radius 1 is 1.47 bits per heavy atom. The number of aryl methyl sites for hydroxylation is 1. The maximum Gasteiger partial charge on any atom is 0.256 e. The molecule has 0 unspecified atom stereocenters. The summed E-state index contributed by atoms with van der Waals surface area (Å²) in [6.07, 6.45) is 2.80. The summed E-state index contributed by atoms with van der Waals surface area (Å²) in [5.74, 6) is 0.302. The molecule has 2 aromatic heterocycles. The molecule has 0 aliphatic rings. The van der Waals surface area contributed by atoms with Crippen LogP contribution in [0.4, 0.5) is 4.39 Å². The predicted octanol–water partition coefficient (Wildman–Crippen LogP) is 2.81. The monoisotopic (exact) mass is 224 g/mol. The molecular formula is C10H9FN2OS. The quantitative estimate of drug-likeness (QED) is 0.751. The summed E-state index contributed by atoms with van der Waals surface area (Å²) in [6.45, 7) is 1.86. The fraction of sp³-hybridized carbons (Fsp3) is 0.200. The number of aromatic nitrogens is 2. The molecule has 2 aromatic rings. The topological polar surface area (TPSA) is 38.9 Å². The van der Waals surface area contributed by atoms with Crippen LogP contribution in [-0.2, 0) is 5.75 Å². The van der Waals surface area contributed by atoms with E-state index in [2.05, 4.69) is 9.97 Å². The van der Waals surface area contributed by atoms with E-state index in [1.807, 2.05) is 6.92 Å². The Labute approximate surface area is 90.7 Å². The molecule has 5 heteroatoms. The molecule has 3 nitrogen and oxygen atoms in total. The van der Waals surface area contributed by atoms with Gasteiger partial charge in [0, 0.05) is 5.75 Å². The van der Waals surface area contributed by atoms with Crippen molar-refractivity contribution in [2.75, 3.05) is 0 Å². The zero-order chi connectivity index (χ0) is 10.7. The number of halogens is 1. The molecule has 78 valence electrons. The molecule has 0 aliphatic heterocycles. The van der Waals surface area contributed by atoms with Gasteiger partial charge in [-0.1, -0.05) is 11.8 Å². The molecule has 0 radical (unpaired) electrons. The Bertz CT molecular complexity index is 441. The molecule has 0 amide bonds. The average Bonchev–Trinajstić information content (AvgIpc) is 2.64. The average molecular weight is 224 g/mol. The zero-order valence-corrected chi connectivity index (χ0v) is 8.92. The lowest BCUT2D eigenvalue weighted by molar-refractivity contribution is 0.454. The zero-order valence-electron chi connectivity index (χ0n) is 8.11. The molecule has 0 atom stereocenters. The number of hydrogen-bond acceptors (Lipinski definition) is 4. The highest BCUT2D eigenvalue weighted by Crippen LogP contribution is 2.20. The highest BCUT2D eigenvalue weighted by molar-refractivity contribution is 7.98. The number of nitrogens with zero attached hydrogens (tertiary/aromatic N) is 2. The fourth-order valence-corrected chi connectivity index (χ4v) is 1.79. The number of oxazole rings is 1. The molecule has 0 spiro atoms. The molecule has 0 saturated carbocycles. The minimum atomic E-state index is -0.323. The van der Waals surface area contributed by atoms with Crippen LogP contribution in [0.1, 0.15) is 11.4 Å². The van der Waals surface area contributed by atoms with Crippen LogP contribution in [0.25, 0.3) is 0 Å². The number of hydrogen-bond donors (Lipinski definition) is 0. The second kappa shape index (κ2) is 4.44. The Hall–Kier alpha value is -1.36. The molecule has 0 aromatic carbocycles. The van der Waals surface area contributed by atoms with E-state index < -0.39 is 0 Å². The van der Waals surface area contributed by atoms with Gasteiger partial charge in [-0.2, -0.15) is 0 Å². The first kappa shape index (κ1) is 10.2. The minimum absolute atomic E-state index is 0.323. The van der Waals surface area contributed by atoms with Crippen molar-refractivity contribution in [1.29, 1.82) is 0 Å². The van der Waals surface area contributed by atoms with Crippen LogP contribution in [0.15, 0.2) is 34.2 Å². The van der Waals surface area contributed by atoms with Crippen molar-refractivity contribution in [3.05, 3.63) is 41.8 Å². The highest BCUT2D eigenvalue weighted by Gasteiger charge is 2.02. The first-order valence-corrected chi connectivity index (χ1v) is 5.38. The van der Waals surface area contributed by atoms with Crippen LogP contribution in [0.2, 0.25) is 0 Å². The lowest BCUT2D eigenvalue weighted by Gasteiger charge is -1.96. The van der Waals surface area contributed by atoms with Gasteiger partial charge < -0.3 is 4.42 Å². The largest absolute Gasteiger partial charge is 0.440 e. The van der Waals surface area contributed by atoms with Gasteiger partial charge >= 0.3 is 0 Å². The van der Waals surface area contributed by atoms with E-state index in [1.54, 1.807) is 12.3 Å². The van der Waals surface area contributed by atoms with Gasteiger partial charge in [-0.25, -0.2) is 9.37 Å². The van der Waals surface area contributed by atoms with Crippen LogP contribution in [0, 0.1) is 12.7 Å². The first-order chi connectivity index (χ1) is 7.24. The van der Waals surface area contributed by atoms with Crippen molar-refractivity contribution in [2.24, 2.45) is 0 Å². The van der Waals surface area contributed by atoms with Crippen LogP contribution in [0.5, 0.6) is 0 Å². The van der Waals surface area contributed by atoms with Gasteiger partial charge in [0.15, 0.2) is 0 Å². The van der Waals surface area contributed by atoms with Gasteiger partial charge in [-0.15, -0.1) is 0 Å². The summed E-state index contributed by atoms with van der Waals surface area (Å²) in [7, 11) is 0. The molecule has 0 saturated heterocycles. The van der Waals surface area contributed by atoms with E-state index in [0.717, 1.165) is 11.4 Å². The van der Waals surface area contributed by atoms with E-state index in [1.165, 1.54) is 24.0 Å². The number of pyridine rings is 1. The smallest absolute Gasteiger partial charge is 0.256 e. The SMILES string of the molecule is Cc1coc(SCc2ccc(F)cn2)n1. The number of thioether (sulfide) groups is 1. The first-order valence-electron chi connectivity index (χ1n) is 4.39. The van der Waals surface area contributed by atoms with Crippen molar-refractivity contribution in [3.8, 4) is 0 Å². The second-order valence-corrected chi connectivity index (χ2v) is 3.94. The van der Waals surface area contributed by atoms with Gasteiger partial charge in [0.1, 0.15) is 12.1 Å². The third-order valence-corrected chi connectivity index (χ3v) is 2.60. The Morgan fingerprint density at radius 3 is 2.93 bits per heavy atom. The maximum absolute atomic E-state index is 12.6. The summed E-state index contributed by atoms with van der Waals surface area (Å²) < 4.78 is 17.7. The molecule has 2 rings (SSSR count). The van der Waals surface area contributed by atoms with E-state index in [0.29, 0.717) is 11.0 Å². The molecular weight excluding hydrogens is 215 g/mol. The number of rotatable bonds is 3. The maximum atomic E-state index is 12.6. The molecule has 2 heterocycles. The lowest BCUT2D eigenvalue weighted by Crippen LogP contribution is -1.87. The normalized spacial score (nSPS) is 10.5. The van der Waals surface area contributed by atoms with Crippen LogP contribution >= 0.6 is 11.8 Å². The Kier molecular flexibility index (Phi) is 3.01. The van der Waals surface area contributed by atoms with Gasteiger partial charge in [-0.3, -0.25) is 4.98 Å². The molecule has 0 aliphatic carbocycles. The van der Waals surface area contributed by atoms with Crippen LogP contribution in [-0.4, -0.2) is 9.97 Å². The summed E-state index contributed by atoms with van der Waals surface area (Å²) in [5, 5.41) is 0.610. The lowest BCUT2D eigenvalue weighted by atomic mass is 10.4. The van der Waals surface area contributed by atoms with Crippen molar-refractivity contribution in [3.63, 3.8) is 0 Å². The third kappa shape index (κ3) is 2.79. The van der Waals surface area contributed by atoms with Crippen molar-refractivity contribution >= 4 is 11.8 Å². The third-order valence-electron chi connectivity index (χ3n) is 1.73. The fourth-order valence-electron chi connectivity index (χ4n) is 1.03. The minimum Gasteiger partial charge on any atom is -0.440 e. The molecule has 0 N–H and O–H groups in total. The Balaban J connectivity index is 1.96. The van der Waals surface area contributed by atoms with Gasteiger partial charge in [0.2, 0.25) is 0 Å². The van der Waals surface area contributed by atoms with Gasteiger partial charge in [-0.05, 0) is 19.1 Å². The summed E-state index contributed by atoms with van der Waals surface area (Å²) >= 11 is 1.44. The van der Waals surface area contributed by atoms with Crippen LogP contribution < -0.4 is 0 Å². The summed E-state index contributed by atoms with van der Waals surface area (Å²) in [5.41, 5.74) is 1.65. The summed E-state index contributed by atoms with van der Waals surface area (Å²) in [6, 6.07) is 3.04. The van der Waals surface area contributed by atoms with Gasteiger partial charge in [0.25, 0.3) is 5.22 Å². The van der Waals surface area contributed by atoms with E-state index in [9.17, 15) is 4.39 Å². The molecule has 0 fully saturated rings. The molecule has 15 heavy (non-hydrogen) atoms. The van der Waals surface area contributed by atoms with Crippen molar-refractivity contribution < 1.29 is 8.81 Å². The highest BCUT2D eigenvalue weighted by atomic mass is 32.2. The standard InChI is InChI=1S/C10H9FN2OS/c1-7-5-14-10(13-7)15-6-9-3-2-8(11)4-12-9/h2-5H,6H2,1H3. The predicted molar refractivity (Wildman–Crippen MR) is 55.0 cm³/mol. The molecule has 0 bridgehead atoms. The van der Waals surface area contributed by atoms with E-state index >= 15 is 0 Å². The van der Waals surface area contributed by atoms with E-state index in [-0.39, 0.29) is 5.82 Å². The van der Waals surface area contributed by atoms with Crippen molar-refractivity contribution in [1.82, 2.24) is 9.97 Å². The van der Waals surface area contributed by atoms with Crippen molar-refractivity contribution in [2.45, 2.75) is 17.9 Å². The van der Waals surface area contributed by atoms with Crippen LogP contribution in [0.3, 0.4) is 0 Å². The van der Waals surface area contributed by atoms with E-state index in [4.69, 9.17) is 4.42 Å². The summed E-state index contributed by atoms with van der Waals surface area (Å²) in [4.78, 5) is 8.07.